The summed E-state index contributed by atoms with van der Waals surface area (Å²) < 4.78 is 13.5. The number of nitrogens with one attached hydrogen (secondary N) is 1. The molecule has 0 bridgehead atoms. The normalized spacial score (nSPS) is 18.9. The second-order valence-electron chi connectivity index (χ2n) is 4.68. The first-order valence-electron chi connectivity index (χ1n) is 5.86. The van der Waals surface area contributed by atoms with Gasteiger partial charge in [0.05, 0.1) is 10.9 Å². The number of amides is 1. The van der Waals surface area contributed by atoms with Crippen molar-refractivity contribution in [1.82, 2.24) is 4.98 Å². The molecule has 94 valence electrons. The van der Waals surface area contributed by atoms with Crippen LogP contribution in [-0.4, -0.2) is 10.9 Å². The van der Waals surface area contributed by atoms with Crippen LogP contribution in [0.5, 0.6) is 0 Å². The van der Waals surface area contributed by atoms with E-state index in [1.807, 2.05) is 0 Å². The molecule has 1 aliphatic carbocycles. The SMILES string of the molecule is NC(=O)C1CCCc2c1[nH]c1cc(Cl)c(F)cc21. The zero-order chi connectivity index (χ0) is 12.9. The molecule has 1 amide bonds. The summed E-state index contributed by atoms with van der Waals surface area (Å²) in [6.07, 6.45) is 2.46. The highest BCUT2D eigenvalue weighted by Gasteiger charge is 2.28. The molecule has 5 heteroatoms. The number of rotatable bonds is 1. The number of nitrogens with two attached hydrogens (primary N) is 1. The summed E-state index contributed by atoms with van der Waals surface area (Å²) in [7, 11) is 0. The number of primary amides is 1. The van der Waals surface area contributed by atoms with Gasteiger partial charge in [-0.05, 0) is 37.0 Å². The van der Waals surface area contributed by atoms with E-state index in [-0.39, 0.29) is 16.8 Å². The highest BCUT2D eigenvalue weighted by Crippen LogP contribution is 2.37. The lowest BCUT2D eigenvalue weighted by atomic mass is 9.86. The predicted octanol–water partition coefficient (Wildman–Crippen LogP) is 2.87. The van der Waals surface area contributed by atoms with Crippen molar-refractivity contribution >= 4 is 28.4 Å². The topological polar surface area (TPSA) is 58.9 Å². The second kappa shape index (κ2) is 3.99. The Morgan fingerprint density at radius 3 is 3.00 bits per heavy atom. The molecule has 18 heavy (non-hydrogen) atoms. The van der Waals surface area contributed by atoms with Crippen molar-refractivity contribution in [3.05, 3.63) is 34.2 Å². The van der Waals surface area contributed by atoms with Crippen LogP contribution in [0, 0.1) is 5.82 Å². The van der Waals surface area contributed by atoms with Crippen LogP contribution >= 0.6 is 11.6 Å². The number of hydrogen-bond acceptors (Lipinski definition) is 1. The standard InChI is InChI=1S/C13H12ClFN2O/c14-9-5-11-8(4-10(9)15)6-2-1-3-7(13(16)18)12(6)17-11/h4-5,7,17H,1-3H2,(H2,16,18). The number of H-pyrrole nitrogens is 1. The molecule has 2 aromatic rings. The first kappa shape index (κ1) is 11.5. The summed E-state index contributed by atoms with van der Waals surface area (Å²) in [5.41, 5.74) is 7.99. The van der Waals surface area contributed by atoms with Gasteiger partial charge in [0.15, 0.2) is 0 Å². The van der Waals surface area contributed by atoms with Crippen molar-refractivity contribution in [1.29, 1.82) is 0 Å². The van der Waals surface area contributed by atoms with Crippen LogP contribution in [0.1, 0.15) is 30.0 Å². The van der Waals surface area contributed by atoms with E-state index in [1.54, 1.807) is 6.07 Å². The van der Waals surface area contributed by atoms with E-state index in [0.717, 1.165) is 41.4 Å². The van der Waals surface area contributed by atoms with E-state index in [9.17, 15) is 9.18 Å². The number of aromatic amines is 1. The van der Waals surface area contributed by atoms with Crippen molar-refractivity contribution < 1.29 is 9.18 Å². The fraction of sp³-hybridized carbons (Fsp3) is 0.308. The van der Waals surface area contributed by atoms with Crippen molar-refractivity contribution in [2.75, 3.05) is 0 Å². The Bertz CT molecular complexity index is 650. The molecule has 3 N–H and O–H groups in total. The highest BCUT2D eigenvalue weighted by molar-refractivity contribution is 6.31. The summed E-state index contributed by atoms with van der Waals surface area (Å²) in [5, 5.41) is 0.884. The van der Waals surface area contributed by atoms with E-state index in [1.165, 1.54) is 6.07 Å². The average Bonchev–Trinajstić information content (AvgIpc) is 2.67. The first-order chi connectivity index (χ1) is 8.58. The lowest BCUT2D eigenvalue weighted by Crippen LogP contribution is -2.24. The van der Waals surface area contributed by atoms with Gasteiger partial charge in [-0.1, -0.05) is 11.6 Å². The van der Waals surface area contributed by atoms with Crippen LogP contribution in [0.2, 0.25) is 5.02 Å². The highest BCUT2D eigenvalue weighted by atomic mass is 35.5. The Morgan fingerprint density at radius 1 is 1.50 bits per heavy atom. The molecule has 0 aliphatic heterocycles. The Kier molecular flexibility index (Phi) is 2.55. The van der Waals surface area contributed by atoms with Gasteiger partial charge >= 0.3 is 0 Å². The molecule has 1 aliphatic rings. The number of carbonyl (C=O) groups is 1. The maximum Gasteiger partial charge on any atom is 0.226 e. The molecule has 0 radical (unpaired) electrons. The number of aromatic nitrogens is 1. The second-order valence-corrected chi connectivity index (χ2v) is 5.08. The van der Waals surface area contributed by atoms with E-state index in [2.05, 4.69) is 4.98 Å². The largest absolute Gasteiger partial charge is 0.369 e. The van der Waals surface area contributed by atoms with Crippen LogP contribution in [-0.2, 0) is 11.2 Å². The zero-order valence-corrected chi connectivity index (χ0v) is 10.4. The molecular weight excluding hydrogens is 255 g/mol. The molecule has 3 rings (SSSR count). The van der Waals surface area contributed by atoms with Crippen LogP contribution < -0.4 is 5.73 Å². The number of carbonyl (C=O) groups excluding carboxylic acids is 1. The molecular formula is C13H12ClFN2O. The minimum Gasteiger partial charge on any atom is -0.369 e. The molecule has 0 saturated carbocycles. The molecule has 1 aromatic heterocycles. The van der Waals surface area contributed by atoms with Gasteiger partial charge in [0.25, 0.3) is 0 Å². The number of halogens is 2. The molecule has 0 spiro atoms. The summed E-state index contributed by atoms with van der Waals surface area (Å²) in [6.45, 7) is 0. The van der Waals surface area contributed by atoms with E-state index in [4.69, 9.17) is 17.3 Å². The Morgan fingerprint density at radius 2 is 2.28 bits per heavy atom. The van der Waals surface area contributed by atoms with Gasteiger partial charge in [0, 0.05) is 16.6 Å². The average molecular weight is 267 g/mol. The fourth-order valence-corrected chi connectivity index (χ4v) is 2.91. The first-order valence-corrected chi connectivity index (χ1v) is 6.24. The van der Waals surface area contributed by atoms with E-state index < -0.39 is 5.82 Å². The maximum atomic E-state index is 13.5. The van der Waals surface area contributed by atoms with Crippen molar-refractivity contribution in [3.8, 4) is 0 Å². The van der Waals surface area contributed by atoms with Gasteiger partial charge in [-0.2, -0.15) is 0 Å². The fourth-order valence-electron chi connectivity index (χ4n) is 2.74. The minimum absolute atomic E-state index is 0.0803. The smallest absolute Gasteiger partial charge is 0.226 e. The summed E-state index contributed by atoms with van der Waals surface area (Å²) in [4.78, 5) is 14.6. The lowest BCUT2D eigenvalue weighted by molar-refractivity contribution is -0.119. The monoisotopic (exact) mass is 266 g/mol. The Balaban J connectivity index is 2.27. The van der Waals surface area contributed by atoms with Crippen LogP contribution in [0.15, 0.2) is 12.1 Å². The third-order valence-electron chi connectivity index (χ3n) is 3.59. The number of aryl methyl sites for hydroxylation is 1. The summed E-state index contributed by atoms with van der Waals surface area (Å²) in [5.74, 6) is -1.08. The molecule has 1 heterocycles. The Hall–Kier alpha value is -1.55. The summed E-state index contributed by atoms with van der Waals surface area (Å²) in [6, 6.07) is 2.99. The van der Waals surface area contributed by atoms with Gasteiger partial charge in [-0.15, -0.1) is 0 Å². The van der Waals surface area contributed by atoms with Gasteiger partial charge in [-0.25, -0.2) is 4.39 Å². The minimum atomic E-state index is -0.438. The van der Waals surface area contributed by atoms with Gasteiger partial charge in [0.2, 0.25) is 5.91 Å². The van der Waals surface area contributed by atoms with Gasteiger partial charge in [0.1, 0.15) is 5.82 Å². The third kappa shape index (κ3) is 1.60. The predicted molar refractivity (Wildman–Crippen MR) is 68.1 cm³/mol. The maximum absolute atomic E-state index is 13.5. The van der Waals surface area contributed by atoms with Gasteiger partial charge < -0.3 is 10.7 Å². The quantitative estimate of drug-likeness (QED) is 0.819. The van der Waals surface area contributed by atoms with Gasteiger partial charge in [-0.3, -0.25) is 4.79 Å². The number of fused-ring (bicyclic) bond motifs is 3. The van der Waals surface area contributed by atoms with E-state index in [0.29, 0.717) is 0 Å². The van der Waals surface area contributed by atoms with Crippen LogP contribution in [0.3, 0.4) is 0 Å². The van der Waals surface area contributed by atoms with Crippen molar-refractivity contribution in [2.45, 2.75) is 25.2 Å². The van der Waals surface area contributed by atoms with Crippen LogP contribution in [0.25, 0.3) is 10.9 Å². The van der Waals surface area contributed by atoms with E-state index >= 15 is 0 Å². The zero-order valence-electron chi connectivity index (χ0n) is 9.59. The number of hydrogen-bond donors (Lipinski definition) is 2. The van der Waals surface area contributed by atoms with Crippen molar-refractivity contribution in [2.24, 2.45) is 5.73 Å². The summed E-state index contributed by atoms with van der Waals surface area (Å²) >= 11 is 5.76. The molecule has 1 aromatic carbocycles. The van der Waals surface area contributed by atoms with Crippen LogP contribution in [0.4, 0.5) is 4.39 Å². The molecule has 1 atom stereocenters. The lowest BCUT2D eigenvalue weighted by Gasteiger charge is -2.19. The molecule has 0 saturated heterocycles. The third-order valence-corrected chi connectivity index (χ3v) is 3.88. The molecule has 1 unspecified atom stereocenters. The molecule has 0 fully saturated rings. The number of benzene rings is 1. The van der Waals surface area contributed by atoms with Crippen molar-refractivity contribution in [3.63, 3.8) is 0 Å². The molecule has 3 nitrogen and oxygen atoms in total. The Labute approximate surface area is 108 Å².